The van der Waals surface area contributed by atoms with Crippen LogP contribution in [-0.2, 0) is 7.05 Å². The first-order valence-corrected chi connectivity index (χ1v) is 3.96. The van der Waals surface area contributed by atoms with Crippen LogP contribution < -0.4 is 22.4 Å². The van der Waals surface area contributed by atoms with Crippen LogP contribution in [0.15, 0.2) is 19.2 Å². The fourth-order valence-corrected chi connectivity index (χ4v) is 1.22. The fourth-order valence-electron chi connectivity index (χ4n) is 1.22. The van der Waals surface area contributed by atoms with E-state index in [1.807, 2.05) is 4.98 Å². The maximum Gasteiger partial charge on any atom is 0.329 e. The number of hydrogen-bond donors (Lipinski definition) is 3. The molecule has 0 fully saturated rings. The molecule has 2 rings (SSSR count). The van der Waals surface area contributed by atoms with Crippen LogP contribution in [0.1, 0.15) is 0 Å². The Kier molecular flexibility index (Phi) is 1.72. The van der Waals surface area contributed by atoms with Gasteiger partial charge in [0.2, 0.25) is 0 Å². The van der Waals surface area contributed by atoms with Crippen molar-refractivity contribution in [3.8, 4) is 0 Å². The van der Waals surface area contributed by atoms with Crippen LogP contribution in [0, 0.1) is 0 Å². The molecular formula is C7H6N4O4. The van der Waals surface area contributed by atoms with E-state index in [1.54, 1.807) is 0 Å². The standard InChI is InChI=1S/C7H6N4O4/c1-11-3-2(4(12)10-7(11)15)8-5(13)6(14)9-3/h1H3,(H,8,13)(H,9,14)(H,10,12,15). The number of nitrogens with zero attached hydrogens (tertiary/aromatic N) is 1. The first-order valence-electron chi connectivity index (χ1n) is 3.96. The van der Waals surface area contributed by atoms with Gasteiger partial charge in [-0.3, -0.25) is 23.9 Å². The van der Waals surface area contributed by atoms with E-state index in [4.69, 9.17) is 0 Å². The molecule has 0 unspecified atom stereocenters. The lowest BCUT2D eigenvalue weighted by Gasteiger charge is -2.00. The summed E-state index contributed by atoms with van der Waals surface area (Å²) >= 11 is 0. The van der Waals surface area contributed by atoms with E-state index < -0.39 is 22.4 Å². The molecular weight excluding hydrogens is 204 g/mol. The Balaban J connectivity index is 3.26. The SMILES string of the molecule is Cn1c(=O)[nH]c(=O)c2[nH]c(=O)c(=O)[nH]c21. The van der Waals surface area contributed by atoms with E-state index in [0.717, 1.165) is 4.57 Å². The van der Waals surface area contributed by atoms with E-state index in [9.17, 15) is 19.2 Å². The molecule has 0 spiro atoms. The van der Waals surface area contributed by atoms with E-state index in [0.29, 0.717) is 0 Å². The lowest BCUT2D eigenvalue weighted by Crippen LogP contribution is -2.36. The van der Waals surface area contributed by atoms with Gasteiger partial charge in [-0.1, -0.05) is 0 Å². The highest BCUT2D eigenvalue weighted by Gasteiger charge is 2.07. The number of nitrogens with one attached hydrogen (secondary N) is 3. The summed E-state index contributed by atoms with van der Waals surface area (Å²) in [4.78, 5) is 50.6. The summed E-state index contributed by atoms with van der Waals surface area (Å²) in [6.07, 6.45) is 0. The van der Waals surface area contributed by atoms with Gasteiger partial charge in [-0.15, -0.1) is 0 Å². The van der Waals surface area contributed by atoms with Crippen LogP contribution in [0.3, 0.4) is 0 Å². The van der Waals surface area contributed by atoms with Gasteiger partial charge in [-0.2, -0.15) is 0 Å². The monoisotopic (exact) mass is 210 g/mol. The third kappa shape index (κ3) is 1.23. The van der Waals surface area contributed by atoms with Gasteiger partial charge in [-0.25, -0.2) is 4.79 Å². The third-order valence-corrected chi connectivity index (χ3v) is 2.00. The second-order valence-corrected chi connectivity index (χ2v) is 2.95. The summed E-state index contributed by atoms with van der Waals surface area (Å²) in [5.74, 6) is 0. The summed E-state index contributed by atoms with van der Waals surface area (Å²) < 4.78 is 1.02. The normalized spacial score (nSPS) is 10.7. The molecule has 0 saturated carbocycles. The molecule has 0 aromatic carbocycles. The van der Waals surface area contributed by atoms with Crippen LogP contribution in [-0.4, -0.2) is 19.5 Å². The lowest BCUT2D eigenvalue weighted by atomic mass is 10.5. The number of rotatable bonds is 0. The molecule has 78 valence electrons. The molecule has 2 aromatic rings. The van der Waals surface area contributed by atoms with Crippen LogP contribution in [0.5, 0.6) is 0 Å². The molecule has 0 aliphatic heterocycles. The molecule has 0 aliphatic rings. The van der Waals surface area contributed by atoms with Gasteiger partial charge in [0.15, 0.2) is 0 Å². The molecule has 3 N–H and O–H groups in total. The Morgan fingerprint density at radius 2 is 1.47 bits per heavy atom. The van der Waals surface area contributed by atoms with Crippen molar-refractivity contribution in [2.45, 2.75) is 0 Å². The predicted octanol–water partition coefficient (Wildman–Crippen LogP) is -2.40. The maximum atomic E-state index is 11.3. The second kappa shape index (κ2) is 2.80. The number of aromatic amines is 3. The summed E-state index contributed by atoms with van der Waals surface area (Å²) in [5.41, 5.74) is -3.43. The number of H-pyrrole nitrogens is 3. The predicted molar refractivity (Wildman–Crippen MR) is 51.1 cm³/mol. The van der Waals surface area contributed by atoms with Crippen LogP contribution in [0.2, 0.25) is 0 Å². The quantitative estimate of drug-likeness (QED) is 0.420. The highest BCUT2D eigenvalue weighted by Crippen LogP contribution is 1.91. The number of fused-ring (bicyclic) bond motifs is 1. The minimum Gasteiger partial charge on any atom is -0.310 e. The average molecular weight is 210 g/mol. The topological polar surface area (TPSA) is 121 Å². The van der Waals surface area contributed by atoms with Gasteiger partial charge in [0, 0.05) is 7.05 Å². The molecule has 0 bridgehead atoms. The van der Waals surface area contributed by atoms with Crippen molar-refractivity contribution in [3.63, 3.8) is 0 Å². The maximum absolute atomic E-state index is 11.3. The third-order valence-electron chi connectivity index (χ3n) is 2.00. The Labute approximate surface area is 80.2 Å². The minimum atomic E-state index is -0.938. The Morgan fingerprint density at radius 3 is 2.13 bits per heavy atom. The average Bonchev–Trinajstić information content (AvgIpc) is 2.18. The first-order chi connectivity index (χ1) is 7.00. The van der Waals surface area contributed by atoms with Gasteiger partial charge in [0.05, 0.1) is 0 Å². The smallest absolute Gasteiger partial charge is 0.310 e. The van der Waals surface area contributed by atoms with Crippen LogP contribution >= 0.6 is 0 Å². The molecule has 2 aromatic heterocycles. The Bertz CT molecular complexity index is 759. The van der Waals surface area contributed by atoms with Crippen LogP contribution in [0.25, 0.3) is 11.2 Å². The minimum absolute atomic E-state index is 0.0200. The molecule has 15 heavy (non-hydrogen) atoms. The van der Waals surface area contributed by atoms with E-state index >= 15 is 0 Å². The van der Waals surface area contributed by atoms with Crippen molar-refractivity contribution in [2.75, 3.05) is 0 Å². The van der Waals surface area contributed by atoms with Gasteiger partial charge in [0.1, 0.15) is 11.2 Å². The van der Waals surface area contributed by atoms with Crippen molar-refractivity contribution in [2.24, 2.45) is 7.05 Å². The van der Waals surface area contributed by atoms with E-state index in [2.05, 4.69) is 9.97 Å². The second-order valence-electron chi connectivity index (χ2n) is 2.95. The summed E-state index contributed by atoms with van der Waals surface area (Å²) in [6, 6.07) is 0. The zero-order valence-corrected chi connectivity index (χ0v) is 7.58. The Hall–Kier alpha value is -2.38. The van der Waals surface area contributed by atoms with Gasteiger partial charge < -0.3 is 9.97 Å². The number of aryl methyl sites for hydroxylation is 1. The zero-order chi connectivity index (χ0) is 11.2. The largest absolute Gasteiger partial charge is 0.329 e. The fraction of sp³-hybridized carbons (Fsp3) is 0.143. The van der Waals surface area contributed by atoms with Gasteiger partial charge in [-0.05, 0) is 0 Å². The summed E-state index contributed by atoms with van der Waals surface area (Å²) in [6.45, 7) is 0. The van der Waals surface area contributed by atoms with Gasteiger partial charge >= 0.3 is 16.8 Å². The number of aromatic nitrogens is 4. The Morgan fingerprint density at radius 1 is 0.867 bits per heavy atom. The van der Waals surface area contributed by atoms with Crippen molar-refractivity contribution in [1.82, 2.24) is 19.5 Å². The summed E-state index contributed by atoms with van der Waals surface area (Å²) in [7, 11) is 1.36. The molecule has 0 atom stereocenters. The molecule has 0 amide bonds. The molecule has 2 heterocycles. The first kappa shape index (κ1) is 9.19. The van der Waals surface area contributed by atoms with E-state index in [1.165, 1.54) is 7.05 Å². The van der Waals surface area contributed by atoms with Gasteiger partial charge in [0.25, 0.3) is 5.56 Å². The van der Waals surface area contributed by atoms with Crippen molar-refractivity contribution >= 4 is 11.2 Å². The molecule has 8 nitrogen and oxygen atoms in total. The molecule has 0 radical (unpaired) electrons. The van der Waals surface area contributed by atoms with Crippen molar-refractivity contribution in [3.05, 3.63) is 41.5 Å². The van der Waals surface area contributed by atoms with E-state index in [-0.39, 0.29) is 11.2 Å². The summed E-state index contributed by atoms with van der Waals surface area (Å²) in [5, 5.41) is 0. The highest BCUT2D eigenvalue weighted by atomic mass is 16.2. The number of hydrogen-bond acceptors (Lipinski definition) is 4. The molecule has 0 saturated heterocycles. The van der Waals surface area contributed by atoms with Crippen molar-refractivity contribution < 1.29 is 0 Å². The molecule has 8 heteroatoms. The van der Waals surface area contributed by atoms with Crippen LogP contribution in [0.4, 0.5) is 0 Å². The zero-order valence-electron chi connectivity index (χ0n) is 7.58. The lowest BCUT2D eigenvalue weighted by molar-refractivity contribution is 0.818. The van der Waals surface area contributed by atoms with Crippen molar-refractivity contribution in [1.29, 1.82) is 0 Å². The highest BCUT2D eigenvalue weighted by molar-refractivity contribution is 5.67. The molecule has 0 aliphatic carbocycles.